The first kappa shape index (κ1) is 16.6. The van der Waals surface area contributed by atoms with Crippen molar-refractivity contribution >= 4 is 28.7 Å². The van der Waals surface area contributed by atoms with Crippen molar-refractivity contribution in [2.24, 2.45) is 0 Å². The van der Waals surface area contributed by atoms with Crippen LogP contribution in [0.5, 0.6) is 0 Å². The smallest absolute Gasteiger partial charge is 0.325 e. The minimum absolute atomic E-state index is 0.0346. The quantitative estimate of drug-likeness (QED) is 0.789. The molecule has 0 unspecified atom stereocenters. The highest BCUT2D eigenvalue weighted by molar-refractivity contribution is 6.04. The minimum Gasteiger partial charge on any atom is -0.354 e. The van der Waals surface area contributed by atoms with E-state index in [4.69, 9.17) is 0 Å². The Morgan fingerprint density at radius 3 is 2.92 bits per heavy atom. The number of amides is 4. The van der Waals surface area contributed by atoms with E-state index in [0.29, 0.717) is 6.54 Å². The third-order valence-corrected chi connectivity index (χ3v) is 5.32. The number of urea groups is 1. The molecule has 0 bridgehead atoms. The first-order valence-corrected chi connectivity index (χ1v) is 9.00. The predicted octanol–water partition coefficient (Wildman–Crippen LogP) is 1.11. The zero-order valence-corrected chi connectivity index (χ0v) is 14.8. The third kappa shape index (κ3) is 2.73. The molecular formula is C19H22N4O3. The molecule has 7 nitrogen and oxygen atoms in total. The lowest BCUT2D eigenvalue weighted by molar-refractivity contribution is -0.130. The van der Waals surface area contributed by atoms with Gasteiger partial charge < -0.3 is 15.2 Å². The van der Waals surface area contributed by atoms with Crippen LogP contribution in [0.3, 0.4) is 0 Å². The van der Waals surface area contributed by atoms with Gasteiger partial charge in [0.1, 0.15) is 6.54 Å². The van der Waals surface area contributed by atoms with Crippen molar-refractivity contribution in [3.8, 4) is 0 Å². The van der Waals surface area contributed by atoms with Gasteiger partial charge in [0.05, 0.1) is 12.1 Å². The Kier molecular flexibility index (Phi) is 4.14. The molecule has 1 saturated heterocycles. The number of hydrogen-bond acceptors (Lipinski definition) is 3. The average Bonchev–Trinajstić information content (AvgIpc) is 3.09. The van der Waals surface area contributed by atoms with Gasteiger partial charge in [-0.15, -0.1) is 0 Å². The van der Waals surface area contributed by atoms with Crippen molar-refractivity contribution in [1.82, 2.24) is 20.1 Å². The van der Waals surface area contributed by atoms with Gasteiger partial charge in [0, 0.05) is 24.2 Å². The van der Waals surface area contributed by atoms with Gasteiger partial charge in [-0.05, 0) is 37.3 Å². The number of aromatic nitrogens is 1. The van der Waals surface area contributed by atoms with Crippen LogP contribution in [0.2, 0.25) is 0 Å². The molecule has 0 radical (unpaired) electrons. The van der Waals surface area contributed by atoms with Gasteiger partial charge in [-0.25, -0.2) is 4.79 Å². The Hall–Kier alpha value is -2.83. The molecule has 2 aliphatic heterocycles. The van der Waals surface area contributed by atoms with E-state index >= 15 is 0 Å². The molecular weight excluding hydrogens is 332 g/mol. The molecule has 4 amide bonds. The summed E-state index contributed by atoms with van der Waals surface area (Å²) in [5, 5.41) is 6.50. The van der Waals surface area contributed by atoms with Crippen LogP contribution in [0.15, 0.2) is 18.2 Å². The molecule has 4 rings (SSSR count). The standard InChI is InChI=1S/C19H22N4O3/c1-12-14(15-6-2-4-13-5-3-9-22(12)18(13)15)7-8-20-16(24)11-23-17(25)10-21-19(23)26/h2,4,6H,3,5,7-11H2,1H3,(H,20,24)(H,21,26). The molecule has 0 spiro atoms. The Bertz CT molecular complexity index is 899. The molecule has 0 saturated carbocycles. The van der Waals surface area contributed by atoms with E-state index in [-0.39, 0.29) is 24.9 Å². The van der Waals surface area contributed by atoms with Crippen molar-refractivity contribution in [1.29, 1.82) is 0 Å². The molecule has 136 valence electrons. The van der Waals surface area contributed by atoms with Crippen molar-refractivity contribution in [3.05, 3.63) is 35.0 Å². The minimum atomic E-state index is -0.505. The van der Waals surface area contributed by atoms with Crippen LogP contribution in [-0.4, -0.2) is 46.9 Å². The van der Waals surface area contributed by atoms with E-state index in [1.165, 1.54) is 27.7 Å². The highest BCUT2D eigenvalue weighted by Gasteiger charge is 2.30. The number of aryl methyl sites for hydroxylation is 2. The number of nitrogens with one attached hydrogen (secondary N) is 2. The van der Waals surface area contributed by atoms with E-state index in [1.54, 1.807) is 0 Å². The first-order chi connectivity index (χ1) is 12.6. The topological polar surface area (TPSA) is 83.4 Å². The molecule has 1 aromatic carbocycles. The zero-order valence-electron chi connectivity index (χ0n) is 14.8. The SMILES string of the molecule is Cc1c(CCNC(=O)CN2C(=O)CNC2=O)c2cccc3c2n1CCC3. The lowest BCUT2D eigenvalue weighted by Crippen LogP contribution is -2.41. The third-order valence-electron chi connectivity index (χ3n) is 5.32. The van der Waals surface area contributed by atoms with Gasteiger partial charge in [-0.2, -0.15) is 0 Å². The van der Waals surface area contributed by atoms with E-state index in [1.807, 2.05) is 0 Å². The summed E-state index contributed by atoms with van der Waals surface area (Å²) in [5.74, 6) is -0.684. The molecule has 2 N–H and O–H groups in total. The highest BCUT2D eigenvalue weighted by Crippen LogP contribution is 2.32. The summed E-state index contributed by atoms with van der Waals surface area (Å²) in [7, 11) is 0. The summed E-state index contributed by atoms with van der Waals surface area (Å²) in [4.78, 5) is 36.0. The van der Waals surface area contributed by atoms with Crippen LogP contribution >= 0.6 is 0 Å². The number of carbonyl (C=O) groups excluding carboxylic acids is 3. The van der Waals surface area contributed by atoms with Crippen LogP contribution in [0.1, 0.15) is 23.2 Å². The van der Waals surface area contributed by atoms with E-state index < -0.39 is 6.03 Å². The Labute approximate surface area is 151 Å². The molecule has 2 aromatic rings. The lowest BCUT2D eigenvalue weighted by atomic mass is 10.0. The first-order valence-electron chi connectivity index (χ1n) is 9.00. The summed E-state index contributed by atoms with van der Waals surface area (Å²) in [5.41, 5.74) is 5.25. The van der Waals surface area contributed by atoms with Crippen LogP contribution in [0.4, 0.5) is 4.79 Å². The van der Waals surface area contributed by atoms with Crippen molar-refractivity contribution in [2.75, 3.05) is 19.6 Å². The fourth-order valence-electron chi connectivity index (χ4n) is 4.05. The van der Waals surface area contributed by atoms with E-state index in [9.17, 15) is 14.4 Å². The van der Waals surface area contributed by atoms with Gasteiger partial charge in [0.2, 0.25) is 5.91 Å². The number of hydrogen-bond donors (Lipinski definition) is 2. The molecule has 26 heavy (non-hydrogen) atoms. The molecule has 3 heterocycles. The monoisotopic (exact) mass is 354 g/mol. The maximum absolute atomic E-state index is 12.1. The average molecular weight is 354 g/mol. The second kappa shape index (κ2) is 6.48. The summed E-state index contributed by atoms with van der Waals surface area (Å²) in [6.45, 7) is 3.40. The predicted molar refractivity (Wildman–Crippen MR) is 96.8 cm³/mol. The molecule has 2 aliphatic rings. The van der Waals surface area contributed by atoms with Crippen molar-refractivity contribution in [3.63, 3.8) is 0 Å². The fraction of sp³-hybridized carbons (Fsp3) is 0.421. The molecule has 1 aromatic heterocycles. The maximum Gasteiger partial charge on any atom is 0.325 e. The Balaban J connectivity index is 1.43. The maximum atomic E-state index is 12.1. The van der Waals surface area contributed by atoms with E-state index in [0.717, 1.165) is 30.7 Å². The summed E-state index contributed by atoms with van der Waals surface area (Å²) >= 11 is 0. The number of para-hydroxylation sites is 1. The van der Waals surface area contributed by atoms with Crippen LogP contribution < -0.4 is 10.6 Å². The molecule has 0 atom stereocenters. The van der Waals surface area contributed by atoms with Gasteiger partial charge in [0.15, 0.2) is 0 Å². The summed E-state index contributed by atoms with van der Waals surface area (Å²) < 4.78 is 2.39. The second-order valence-corrected chi connectivity index (χ2v) is 6.87. The normalized spacial score (nSPS) is 16.3. The van der Waals surface area contributed by atoms with Crippen LogP contribution in [0.25, 0.3) is 10.9 Å². The fourth-order valence-corrected chi connectivity index (χ4v) is 4.05. The summed E-state index contributed by atoms with van der Waals surface area (Å²) in [6, 6.07) is 5.95. The Morgan fingerprint density at radius 1 is 1.31 bits per heavy atom. The molecule has 1 fully saturated rings. The van der Waals surface area contributed by atoms with Crippen molar-refractivity contribution < 1.29 is 14.4 Å². The van der Waals surface area contributed by atoms with E-state index in [2.05, 4.69) is 40.3 Å². The molecule has 0 aliphatic carbocycles. The van der Waals surface area contributed by atoms with Crippen LogP contribution in [-0.2, 0) is 29.0 Å². The number of carbonyl (C=O) groups is 3. The van der Waals surface area contributed by atoms with Crippen LogP contribution in [0, 0.1) is 6.92 Å². The largest absolute Gasteiger partial charge is 0.354 e. The number of benzene rings is 1. The van der Waals surface area contributed by atoms with Gasteiger partial charge >= 0.3 is 6.03 Å². The van der Waals surface area contributed by atoms with Crippen molar-refractivity contribution in [2.45, 2.75) is 32.7 Å². The summed E-state index contributed by atoms with van der Waals surface area (Å²) in [6.07, 6.45) is 3.00. The van der Waals surface area contributed by atoms with Gasteiger partial charge in [0.25, 0.3) is 5.91 Å². The Morgan fingerprint density at radius 2 is 2.15 bits per heavy atom. The lowest BCUT2D eigenvalue weighted by Gasteiger charge is -2.16. The number of imide groups is 1. The highest BCUT2D eigenvalue weighted by atomic mass is 16.2. The van der Waals surface area contributed by atoms with Gasteiger partial charge in [-0.3, -0.25) is 14.5 Å². The second-order valence-electron chi connectivity index (χ2n) is 6.87. The number of nitrogens with zero attached hydrogens (tertiary/aromatic N) is 2. The molecule has 7 heteroatoms. The van der Waals surface area contributed by atoms with Gasteiger partial charge in [-0.1, -0.05) is 18.2 Å². The number of rotatable bonds is 5. The zero-order chi connectivity index (χ0) is 18.3.